The van der Waals surface area contributed by atoms with Crippen molar-refractivity contribution in [2.75, 3.05) is 5.32 Å². The van der Waals surface area contributed by atoms with Gasteiger partial charge in [0.05, 0.1) is 0 Å². The summed E-state index contributed by atoms with van der Waals surface area (Å²) in [6.07, 6.45) is 15.2. The predicted molar refractivity (Wildman–Crippen MR) is 133 cm³/mol. The van der Waals surface area contributed by atoms with E-state index in [0.29, 0.717) is 0 Å². The van der Waals surface area contributed by atoms with Gasteiger partial charge in [0.15, 0.2) is 0 Å². The van der Waals surface area contributed by atoms with Gasteiger partial charge < -0.3 is 5.32 Å². The van der Waals surface area contributed by atoms with E-state index in [9.17, 15) is 0 Å². The standard InChI is InChI=1S/C29H39N/c1-2-3-4-5-6-7-8-9-10-11-15-25-20-22-26(23-21-25)24-30-29-19-14-17-27-16-12-13-18-28(27)29/h12-14,16-23,30H,2-11,15,24H2,1H3. The maximum absolute atomic E-state index is 3.61. The molecule has 3 aromatic rings. The third-order valence-corrected chi connectivity index (χ3v) is 6.11. The SMILES string of the molecule is CCCCCCCCCCCCc1ccc(CNc2cccc3ccccc23)cc1. The van der Waals surface area contributed by atoms with Crippen molar-refractivity contribution < 1.29 is 0 Å². The maximum atomic E-state index is 3.61. The number of nitrogens with one attached hydrogen (secondary N) is 1. The molecule has 1 N–H and O–H groups in total. The van der Waals surface area contributed by atoms with Crippen molar-refractivity contribution in [2.45, 2.75) is 84.1 Å². The summed E-state index contributed by atoms with van der Waals surface area (Å²) in [5.74, 6) is 0. The molecule has 0 saturated carbocycles. The molecule has 0 saturated heterocycles. The monoisotopic (exact) mass is 401 g/mol. The summed E-state index contributed by atoms with van der Waals surface area (Å²) in [6.45, 7) is 3.16. The molecule has 0 aromatic heterocycles. The Morgan fingerprint density at radius 2 is 1.17 bits per heavy atom. The zero-order valence-corrected chi connectivity index (χ0v) is 18.8. The number of unbranched alkanes of at least 4 members (excludes halogenated alkanes) is 9. The van der Waals surface area contributed by atoms with Gasteiger partial charge >= 0.3 is 0 Å². The van der Waals surface area contributed by atoms with Gasteiger partial charge in [-0.15, -0.1) is 0 Å². The molecular weight excluding hydrogens is 362 g/mol. The van der Waals surface area contributed by atoms with Gasteiger partial charge in [-0.05, 0) is 35.4 Å². The lowest BCUT2D eigenvalue weighted by Crippen LogP contribution is -2.00. The van der Waals surface area contributed by atoms with E-state index >= 15 is 0 Å². The third kappa shape index (κ3) is 7.52. The minimum Gasteiger partial charge on any atom is -0.380 e. The number of fused-ring (bicyclic) bond motifs is 1. The number of aryl methyl sites for hydroxylation is 1. The minimum absolute atomic E-state index is 0.868. The highest BCUT2D eigenvalue weighted by Crippen LogP contribution is 2.23. The molecule has 1 nitrogen and oxygen atoms in total. The molecule has 0 atom stereocenters. The first-order valence-corrected chi connectivity index (χ1v) is 12.2. The second kappa shape index (κ2) is 13.1. The highest BCUT2D eigenvalue weighted by atomic mass is 14.9. The van der Waals surface area contributed by atoms with Crippen LogP contribution in [0.4, 0.5) is 5.69 Å². The summed E-state index contributed by atoms with van der Waals surface area (Å²) >= 11 is 0. The first-order chi connectivity index (χ1) is 14.9. The van der Waals surface area contributed by atoms with E-state index < -0.39 is 0 Å². The summed E-state index contributed by atoms with van der Waals surface area (Å²) in [6, 6.07) is 24.2. The van der Waals surface area contributed by atoms with Gasteiger partial charge in [-0.25, -0.2) is 0 Å². The Hall–Kier alpha value is -2.28. The fraction of sp³-hybridized carbons (Fsp3) is 0.448. The highest BCUT2D eigenvalue weighted by Gasteiger charge is 2.01. The van der Waals surface area contributed by atoms with Gasteiger partial charge in [-0.1, -0.05) is 125 Å². The molecule has 0 aliphatic heterocycles. The summed E-state index contributed by atoms with van der Waals surface area (Å²) in [5, 5.41) is 6.19. The van der Waals surface area contributed by atoms with Gasteiger partial charge in [0.25, 0.3) is 0 Å². The Morgan fingerprint density at radius 1 is 0.567 bits per heavy atom. The molecule has 0 amide bonds. The van der Waals surface area contributed by atoms with Crippen LogP contribution in [-0.4, -0.2) is 0 Å². The molecule has 0 aliphatic rings. The van der Waals surface area contributed by atoms with E-state index in [1.165, 1.54) is 98.2 Å². The highest BCUT2D eigenvalue weighted by molar-refractivity contribution is 5.93. The van der Waals surface area contributed by atoms with Crippen LogP contribution in [0.3, 0.4) is 0 Å². The lowest BCUT2D eigenvalue weighted by atomic mass is 10.0. The van der Waals surface area contributed by atoms with E-state index in [1.54, 1.807) is 0 Å². The van der Waals surface area contributed by atoms with E-state index in [2.05, 4.69) is 79.0 Å². The van der Waals surface area contributed by atoms with Crippen molar-refractivity contribution in [2.24, 2.45) is 0 Å². The Kier molecular flexibility index (Phi) is 9.79. The van der Waals surface area contributed by atoms with Crippen LogP contribution in [0.25, 0.3) is 10.8 Å². The minimum atomic E-state index is 0.868. The first kappa shape index (κ1) is 22.4. The van der Waals surface area contributed by atoms with Crippen LogP contribution in [0, 0.1) is 0 Å². The van der Waals surface area contributed by atoms with Crippen LogP contribution in [-0.2, 0) is 13.0 Å². The van der Waals surface area contributed by atoms with Crippen LogP contribution in [0.2, 0.25) is 0 Å². The third-order valence-electron chi connectivity index (χ3n) is 6.11. The average Bonchev–Trinajstić information content (AvgIpc) is 2.79. The molecule has 160 valence electrons. The van der Waals surface area contributed by atoms with Crippen molar-refractivity contribution >= 4 is 16.5 Å². The molecule has 3 rings (SSSR count). The number of rotatable bonds is 14. The molecular formula is C29H39N. The van der Waals surface area contributed by atoms with Gasteiger partial charge in [0, 0.05) is 17.6 Å². The zero-order valence-electron chi connectivity index (χ0n) is 18.8. The Morgan fingerprint density at radius 3 is 1.90 bits per heavy atom. The van der Waals surface area contributed by atoms with Crippen molar-refractivity contribution in [1.29, 1.82) is 0 Å². The van der Waals surface area contributed by atoms with Crippen molar-refractivity contribution in [3.8, 4) is 0 Å². The molecule has 0 fully saturated rings. The molecule has 0 unspecified atom stereocenters. The van der Waals surface area contributed by atoms with Crippen molar-refractivity contribution in [3.05, 3.63) is 77.9 Å². The summed E-state index contributed by atoms with van der Waals surface area (Å²) < 4.78 is 0. The van der Waals surface area contributed by atoms with Gasteiger partial charge in [-0.2, -0.15) is 0 Å². The molecule has 3 aromatic carbocycles. The molecule has 1 heteroatoms. The van der Waals surface area contributed by atoms with Crippen molar-refractivity contribution in [1.82, 2.24) is 0 Å². The Labute approximate surface area is 183 Å². The molecule has 0 bridgehead atoms. The van der Waals surface area contributed by atoms with Gasteiger partial charge in [-0.3, -0.25) is 0 Å². The quantitative estimate of drug-likeness (QED) is 0.266. The molecule has 0 aliphatic carbocycles. The van der Waals surface area contributed by atoms with E-state index in [4.69, 9.17) is 0 Å². The van der Waals surface area contributed by atoms with Crippen LogP contribution < -0.4 is 5.32 Å². The number of hydrogen-bond acceptors (Lipinski definition) is 1. The molecule has 30 heavy (non-hydrogen) atoms. The second-order valence-corrected chi connectivity index (χ2v) is 8.63. The number of anilines is 1. The average molecular weight is 402 g/mol. The fourth-order valence-electron chi connectivity index (χ4n) is 4.22. The molecule has 0 heterocycles. The van der Waals surface area contributed by atoms with Gasteiger partial charge in [0.1, 0.15) is 0 Å². The van der Waals surface area contributed by atoms with Gasteiger partial charge in [0.2, 0.25) is 0 Å². The molecule has 0 radical (unpaired) electrons. The topological polar surface area (TPSA) is 12.0 Å². The van der Waals surface area contributed by atoms with Crippen LogP contribution in [0.15, 0.2) is 66.7 Å². The Bertz CT molecular complexity index is 844. The largest absolute Gasteiger partial charge is 0.380 e. The first-order valence-electron chi connectivity index (χ1n) is 12.2. The normalized spacial score (nSPS) is 11.1. The zero-order chi connectivity index (χ0) is 20.9. The van der Waals surface area contributed by atoms with Crippen LogP contribution in [0.5, 0.6) is 0 Å². The van der Waals surface area contributed by atoms with E-state index in [1.807, 2.05) is 0 Å². The number of benzene rings is 3. The van der Waals surface area contributed by atoms with E-state index in [0.717, 1.165) is 6.54 Å². The maximum Gasteiger partial charge on any atom is 0.0422 e. The number of hydrogen-bond donors (Lipinski definition) is 1. The Balaban J connectivity index is 1.32. The summed E-state index contributed by atoms with van der Waals surface area (Å²) in [7, 11) is 0. The van der Waals surface area contributed by atoms with Crippen molar-refractivity contribution in [3.63, 3.8) is 0 Å². The second-order valence-electron chi connectivity index (χ2n) is 8.63. The molecule has 0 spiro atoms. The van der Waals surface area contributed by atoms with E-state index in [-0.39, 0.29) is 0 Å². The van der Waals surface area contributed by atoms with Crippen LogP contribution in [0.1, 0.15) is 82.3 Å². The van der Waals surface area contributed by atoms with Crippen LogP contribution >= 0.6 is 0 Å². The smallest absolute Gasteiger partial charge is 0.0422 e. The lowest BCUT2D eigenvalue weighted by Gasteiger charge is -2.10. The predicted octanol–water partition coefficient (Wildman–Crippen LogP) is 8.92. The lowest BCUT2D eigenvalue weighted by molar-refractivity contribution is 0.556. The summed E-state index contributed by atoms with van der Waals surface area (Å²) in [5.41, 5.74) is 4.03. The summed E-state index contributed by atoms with van der Waals surface area (Å²) in [4.78, 5) is 0. The fourth-order valence-corrected chi connectivity index (χ4v) is 4.22.